The van der Waals surface area contributed by atoms with E-state index in [0.717, 1.165) is 10.2 Å². The van der Waals surface area contributed by atoms with Gasteiger partial charge in [-0.05, 0) is 48.9 Å². The predicted octanol–water partition coefficient (Wildman–Crippen LogP) is 4.65. The van der Waals surface area contributed by atoms with E-state index >= 15 is 0 Å². The summed E-state index contributed by atoms with van der Waals surface area (Å²) in [6.07, 6.45) is 0. The lowest BCUT2D eigenvalue weighted by Crippen LogP contribution is -2.12. The number of amides is 1. The number of carbonyl (C=O) groups excluding carboxylic acids is 1. The van der Waals surface area contributed by atoms with Crippen molar-refractivity contribution in [2.45, 2.75) is 6.92 Å². The van der Waals surface area contributed by atoms with Gasteiger partial charge in [-0.2, -0.15) is 0 Å². The predicted molar refractivity (Wildman–Crippen MR) is 83.7 cm³/mol. The highest BCUT2D eigenvalue weighted by Crippen LogP contribution is 2.28. The second kappa shape index (κ2) is 5.42. The van der Waals surface area contributed by atoms with Crippen molar-refractivity contribution in [2.75, 3.05) is 5.32 Å². The van der Waals surface area contributed by atoms with Gasteiger partial charge in [0.2, 0.25) is 0 Å². The summed E-state index contributed by atoms with van der Waals surface area (Å²) in [6, 6.07) is 9.58. The van der Waals surface area contributed by atoms with Crippen molar-refractivity contribution in [3.05, 3.63) is 58.4 Å². The molecule has 2 aromatic carbocycles. The highest BCUT2D eigenvalue weighted by Gasteiger charge is 2.11. The van der Waals surface area contributed by atoms with Crippen LogP contribution in [-0.2, 0) is 0 Å². The molecular weight excluding hydrogens is 311 g/mol. The molecule has 3 nitrogen and oxygen atoms in total. The molecule has 0 aliphatic carbocycles. The van der Waals surface area contributed by atoms with Gasteiger partial charge in [-0.25, -0.2) is 9.37 Å². The van der Waals surface area contributed by atoms with Gasteiger partial charge < -0.3 is 0 Å². The molecule has 0 radical (unpaired) electrons. The number of nitrogens with zero attached hydrogens (tertiary/aromatic N) is 1. The van der Waals surface area contributed by atoms with Crippen molar-refractivity contribution in [1.29, 1.82) is 0 Å². The number of thiazole rings is 1. The fourth-order valence-electron chi connectivity index (χ4n) is 1.91. The molecule has 3 aromatic rings. The van der Waals surface area contributed by atoms with Crippen LogP contribution in [0.1, 0.15) is 15.9 Å². The maximum Gasteiger partial charge on any atom is 0.257 e. The zero-order valence-electron chi connectivity index (χ0n) is 11.0. The SMILES string of the molecule is Cc1cc(C(=O)Nc2nc3ccc(Cl)cc3s2)ccc1F. The molecule has 3 rings (SSSR count). The lowest BCUT2D eigenvalue weighted by molar-refractivity contribution is 0.102. The number of nitrogens with one attached hydrogen (secondary N) is 1. The van der Waals surface area contributed by atoms with Gasteiger partial charge in [0.1, 0.15) is 5.82 Å². The molecule has 0 aliphatic heterocycles. The van der Waals surface area contributed by atoms with Gasteiger partial charge in [-0.3, -0.25) is 10.1 Å². The summed E-state index contributed by atoms with van der Waals surface area (Å²) in [4.78, 5) is 16.4. The van der Waals surface area contributed by atoms with Crippen molar-refractivity contribution in [2.24, 2.45) is 0 Å². The minimum absolute atomic E-state index is 0.316. The average molecular weight is 321 g/mol. The van der Waals surface area contributed by atoms with E-state index in [-0.39, 0.29) is 11.7 Å². The zero-order valence-corrected chi connectivity index (χ0v) is 12.6. The monoisotopic (exact) mass is 320 g/mol. The molecule has 0 unspecified atom stereocenters. The molecule has 1 heterocycles. The smallest absolute Gasteiger partial charge is 0.257 e. The first-order valence-corrected chi connectivity index (χ1v) is 7.36. The standard InChI is InChI=1S/C15H10ClFN2OS/c1-8-6-9(2-4-11(8)17)14(20)19-15-18-12-5-3-10(16)7-13(12)21-15/h2-7H,1H3,(H,18,19,20). The van der Waals surface area contributed by atoms with Gasteiger partial charge in [0.15, 0.2) is 5.13 Å². The molecule has 1 N–H and O–H groups in total. The minimum atomic E-state index is -0.332. The van der Waals surface area contributed by atoms with Crippen LogP contribution in [0.15, 0.2) is 36.4 Å². The number of fused-ring (bicyclic) bond motifs is 1. The number of benzene rings is 2. The van der Waals surface area contributed by atoms with Gasteiger partial charge in [0.25, 0.3) is 5.91 Å². The van der Waals surface area contributed by atoms with E-state index in [1.54, 1.807) is 25.1 Å². The molecule has 0 atom stereocenters. The van der Waals surface area contributed by atoms with Crippen LogP contribution in [0.25, 0.3) is 10.2 Å². The van der Waals surface area contributed by atoms with Crippen LogP contribution in [0, 0.1) is 12.7 Å². The highest BCUT2D eigenvalue weighted by atomic mass is 35.5. The average Bonchev–Trinajstić information content (AvgIpc) is 2.83. The number of hydrogen-bond donors (Lipinski definition) is 1. The Hall–Kier alpha value is -1.98. The van der Waals surface area contributed by atoms with E-state index in [9.17, 15) is 9.18 Å². The molecule has 21 heavy (non-hydrogen) atoms. The van der Waals surface area contributed by atoms with Crippen LogP contribution in [0.4, 0.5) is 9.52 Å². The van der Waals surface area contributed by atoms with Gasteiger partial charge >= 0.3 is 0 Å². The normalized spacial score (nSPS) is 10.8. The third kappa shape index (κ3) is 2.89. The number of aryl methyl sites for hydroxylation is 1. The largest absolute Gasteiger partial charge is 0.298 e. The van der Waals surface area contributed by atoms with Crippen molar-refractivity contribution in [1.82, 2.24) is 4.98 Å². The Morgan fingerprint density at radius 3 is 2.86 bits per heavy atom. The lowest BCUT2D eigenvalue weighted by atomic mass is 10.1. The van der Waals surface area contributed by atoms with E-state index in [4.69, 9.17) is 11.6 Å². The Bertz CT molecular complexity index is 847. The van der Waals surface area contributed by atoms with E-state index in [2.05, 4.69) is 10.3 Å². The summed E-state index contributed by atoms with van der Waals surface area (Å²) in [6.45, 7) is 1.62. The van der Waals surface area contributed by atoms with E-state index in [1.807, 2.05) is 0 Å². The molecule has 106 valence electrons. The second-order valence-corrected chi connectivity index (χ2v) is 6.02. The molecule has 1 aromatic heterocycles. The first-order chi connectivity index (χ1) is 10.0. The van der Waals surface area contributed by atoms with Crippen LogP contribution in [0.2, 0.25) is 5.02 Å². The van der Waals surface area contributed by atoms with Crippen LogP contribution in [-0.4, -0.2) is 10.9 Å². The number of aromatic nitrogens is 1. The van der Waals surface area contributed by atoms with Crippen molar-refractivity contribution in [3.8, 4) is 0 Å². The summed E-state index contributed by atoms with van der Waals surface area (Å²) in [5.41, 5.74) is 1.60. The molecule has 1 amide bonds. The van der Waals surface area contributed by atoms with Gasteiger partial charge in [0.05, 0.1) is 10.2 Å². The molecule has 0 saturated heterocycles. The zero-order chi connectivity index (χ0) is 15.0. The fourth-order valence-corrected chi connectivity index (χ4v) is 3.04. The Morgan fingerprint density at radius 2 is 2.10 bits per heavy atom. The summed E-state index contributed by atoms with van der Waals surface area (Å²) in [5.74, 6) is -0.649. The maximum atomic E-state index is 13.2. The molecule has 0 saturated carbocycles. The topological polar surface area (TPSA) is 42.0 Å². The summed E-state index contributed by atoms with van der Waals surface area (Å²) in [5, 5.41) is 3.83. The van der Waals surface area contributed by atoms with E-state index < -0.39 is 0 Å². The van der Waals surface area contributed by atoms with Crippen molar-refractivity contribution in [3.63, 3.8) is 0 Å². The molecule has 0 fully saturated rings. The number of halogens is 2. The molecule has 0 spiro atoms. The number of anilines is 1. The molecular formula is C15H10ClFN2OS. The van der Waals surface area contributed by atoms with Gasteiger partial charge in [0, 0.05) is 10.6 Å². The first-order valence-electron chi connectivity index (χ1n) is 6.16. The summed E-state index contributed by atoms with van der Waals surface area (Å²) < 4.78 is 14.1. The third-order valence-electron chi connectivity index (χ3n) is 2.99. The number of carbonyl (C=O) groups is 1. The number of hydrogen-bond acceptors (Lipinski definition) is 3. The Labute approximate surface area is 129 Å². The van der Waals surface area contributed by atoms with Gasteiger partial charge in [-0.15, -0.1) is 0 Å². The third-order valence-corrected chi connectivity index (χ3v) is 4.16. The second-order valence-electron chi connectivity index (χ2n) is 4.55. The van der Waals surface area contributed by atoms with Crippen LogP contribution < -0.4 is 5.32 Å². The van der Waals surface area contributed by atoms with E-state index in [0.29, 0.717) is 21.3 Å². The van der Waals surface area contributed by atoms with Crippen LogP contribution >= 0.6 is 22.9 Å². The quantitative estimate of drug-likeness (QED) is 0.746. The van der Waals surface area contributed by atoms with E-state index in [1.165, 1.54) is 29.5 Å². The van der Waals surface area contributed by atoms with Crippen LogP contribution in [0.5, 0.6) is 0 Å². The number of rotatable bonds is 2. The first kappa shape index (κ1) is 14.0. The Morgan fingerprint density at radius 1 is 1.29 bits per heavy atom. The molecule has 0 bridgehead atoms. The Balaban J connectivity index is 1.87. The maximum absolute atomic E-state index is 13.2. The molecule has 0 aliphatic rings. The minimum Gasteiger partial charge on any atom is -0.298 e. The summed E-state index contributed by atoms with van der Waals surface area (Å²) >= 11 is 7.26. The Kier molecular flexibility index (Phi) is 3.61. The van der Waals surface area contributed by atoms with Gasteiger partial charge in [-0.1, -0.05) is 22.9 Å². The lowest BCUT2D eigenvalue weighted by Gasteiger charge is -2.03. The van der Waals surface area contributed by atoms with Crippen molar-refractivity contribution >= 4 is 44.2 Å². The van der Waals surface area contributed by atoms with Crippen LogP contribution in [0.3, 0.4) is 0 Å². The molecule has 6 heteroatoms. The highest BCUT2D eigenvalue weighted by molar-refractivity contribution is 7.22. The fraction of sp³-hybridized carbons (Fsp3) is 0.0667. The van der Waals surface area contributed by atoms with Crippen molar-refractivity contribution < 1.29 is 9.18 Å². The summed E-state index contributed by atoms with van der Waals surface area (Å²) in [7, 11) is 0.